The number of esters is 1. The molecule has 0 fully saturated rings. The van der Waals surface area contributed by atoms with Gasteiger partial charge in [-0.05, 0) is 42.5 Å². The molecule has 2 heterocycles. The summed E-state index contributed by atoms with van der Waals surface area (Å²) in [6, 6.07) is 15.0. The summed E-state index contributed by atoms with van der Waals surface area (Å²) in [5, 5.41) is 12.8. The molecule has 13 heteroatoms. The Morgan fingerprint density at radius 3 is 2.47 bits per heavy atom. The second-order valence-electron chi connectivity index (χ2n) is 8.01. The number of rotatable bonds is 9. The van der Waals surface area contributed by atoms with Crippen LogP contribution >= 0.6 is 0 Å². The maximum atomic E-state index is 12.9. The molecule has 0 bridgehead atoms. The molecule has 4 aromatic rings. The molecule has 0 unspecified atom stereocenters. The molecule has 0 aliphatic rings. The number of amides is 1. The molecule has 12 nitrogen and oxygen atoms in total. The van der Waals surface area contributed by atoms with Gasteiger partial charge in [0.2, 0.25) is 10.0 Å². The number of fused-ring (bicyclic) bond motifs is 1. The van der Waals surface area contributed by atoms with Gasteiger partial charge in [-0.2, -0.15) is 0 Å². The molecule has 1 amide bonds. The minimum absolute atomic E-state index is 0.0582. The fourth-order valence-electron chi connectivity index (χ4n) is 3.86. The highest BCUT2D eigenvalue weighted by molar-refractivity contribution is 7.92. The number of aliphatic hydroxyl groups is 1. The van der Waals surface area contributed by atoms with E-state index in [2.05, 4.69) is 15.0 Å². The minimum atomic E-state index is -3.81. The Balaban J connectivity index is 1.86. The van der Waals surface area contributed by atoms with E-state index in [0.717, 1.165) is 10.6 Å². The van der Waals surface area contributed by atoms with Gasteiger partial charge in [-0.25, -0.2) is 23.0 Å². The lowest BCUT2D eigenvalue weighted by Gasteiger charge is -2.23. The van der Waals surface area contributed by atoms with Gasteiger partial charge in [-0.15, -0.1) is 0 Å². The van der Waals surface area contributed by atoms with Crippen molar-refractivity contribution in [1.29, 1.82) is 0 Å². The van der Waals surface area contributed by atoms with Crippen LogP contribution < -0.4 is 20.1 Å². The number of hydrogen-bond acceptors (Lipinski definition) is 10. The molecule has 0 aliphatic heterocycles. The summed E-state index contributed by atoms with van der Waals surface area (Å²) in [5.41, 5.74) is 6.33. The van der Waals surface area contributed by atoms with Gasteiger partial charge in [0.05, 0.1) is 32.2 Å². The maximum absolute atomic E-state index is 12.9. The number of carbonyl (C=O) groups excluding carboxylic acids is 2. The first-order valence-electron chi connectivity index (χ1n) is 11.2. The number of anilines is 3. The Bertz CT molecular complexity index is 1590. The third-order valence-electron chi connectivity index (χ3n) is 5.44. The van der Waals surface area contributed by atoms with Gasteiger partial charge < -0.3 is 30.0 Å². The average molecular weight is 541 g/mol. The number of pyridine rings is 1. The van der Waals surface area contributed by atoms with Crippen molar-refractivity contribution >= 4 is 50.2 Å². The van der Waals surface area contributed by atoms with E-state index in [1.165, 1.54) is 19.2 Å². The van der Waals surface area contributed by atoms with Gasteiger partial charge in [0.25, 0.3) is 0 Å². The van der Waals surface area contributed by atoms with Crippen LogP contribution in [0.25, 0.3) is 22.3 Å². The number of aliphatic hydroxyl groups excluding tert-OH is 1. The van der Waals surface area contributed by atoms with Crippen molar-refractivity contribution in [3.05, 3.63) is 66.4 Å². The molecule has 4 N–H and O–H groups in total. The first-order valence-corrected chi connectivity index (χ1v) is 13.0. The highest BCUT2D eigenvalue weighted by atomic mass is 32.2. The van der Waals surface area contributed by atoms with E-state index < -0.39 is 28.7 Å². The van der Waals surface area contributed by atoms with Crippen molar-refractivity contribution in [2.75, 3.05) is 36.1 Å². The number of sulfonamides is 1. The van der Waals surface area contributed by atoms with E-state index >= 15 is 0 Å². The van der Waals surface area contributed by atoms with Gasteiger partial charge in [-0.3, -0.25) is 4.31 Å². The highest BCUT2D eigenvalue weighted by Crippen LogP contribution is 2.41. The summed E-state index contributed by atoms with van der Waals surface area (Å²) >= 11 is 0. The fourth-order valence-corrected chi connectivity index (χ4v) is 4.78. The number of nitrogens with zero attached hydrogens (tertiary/aromatic N) is 2. The largest absolute Gasteiger partial charge is 0.495 e. The standard InChI is InChI=1S/C25H24N4O8S/c1-35-20-13-17-19(14-18(20)29(11-12-30)38(2,33)34)36-23(22(17)24(31)37-25(26)32)15-6-8-16(9-7-15)28-21-5-3-4-10-27-21/h3-10,13-14,30H,11-12H2,1-2H3,(H2,26,32)(H,27,28). The summed E-state index contributed by atoms with van der Waals surface area (Å²) < 4.78 is 41.8. The van der Waals surface area contributed by atoms with Gasteiger partial charge in [0.15, 0.2) is 0 Å². The summed E-state index contributed by atoms with van der Waals surface area (Å²) in [4.78, 5) is 28.5. The SMILES string of the molecule is COc1cc2c(C(=O)OC(N)=O)c(-c3ccc(Nc4ccccn4)cc3)oc2cc1N(CCO)S(C)(=O)=O. The third-order valence-corrected chi connectivity index (χ3v) is 6.62. The lowest BCUT2D eigenvalue weighted by atomic mass is 10.0. The summed E-state index contributed by atoms with van der Waals surface area (Å²) in [6.07, 6.45) is 1.33. The number of ether oxygens (including phenoxy) is 2. The number of aromatic nitrogens is 1. The maximum Gasteiger partial charge on any atom is 0.412 e. The predicted octanol–water partition coefficient (Wildman–Crippen LogP) is 3.24. The first kappa shape index (κ1) is 26.4. The Labute approximate surface area is 217 Å². The van der Waals surface area contributed by atoms with Crippen LogP contribution in [0.4, 0.5) is 22.0 Å². The molecular weight excluding hydrogens is 516 g/mol. The zero-order valence-corrected chi connectivity index (χ0v) is 21.2. The van der Waals surface area contributed by atoms with Gasteiger partial charge in [0.1, 0.15) is 28.5 Å². The monoisotopic (exact) mass is 540 g/mol. The number of hydrogen-bond donors (Lipinski definition) is 3. The van der Waals surface area contributed by atoms with E-state index in [9.17, 15) is 23.1 Å². The number of nitrogens with two attached hydrogens (primary N) is 1. The molecule has 0 radical (unpaired) electrons. The van der Waals surface area contributed by atoms with Crippen molar-refractivity contribution in [2.24, 2.45) is 5.73 Å². The Kier molecular flexibility index (Phi) is 7.50. The number of benzene rings is 2. The van der Waals surface area contributed by atoms with Crippen LogP contribution in [-0.4, -0.2) is 57.1 Å². The van der Waals surface area contributed by atoms with Gasteiger partial charge in [-0.1, -0.05) is 6.07 Å². The van der Waals surface area contributed by atoms with Crippen LogP contribution in [0.15, 0.2) is 65.2 Å². The lowest BCUT2D eigenvalue weighted by Crippen LogP contribution is -2.32. The van der Waals surface area contributed by atoms with E-state index in [1.54, 1.807) is 42.6 Å². The van der Waals surface area contributed by atoms with E-state index in [4.69, 9.17) is 14.9 Å². The number of primary amides is 1. The topological polar surface area (TPSA) is 174 Å². The fraction of sp³-hybridized carbons (Fsp3) is 0.160. The molecule has 0 atom stereocenters. The third kappa shape index (κ3) is 5.53. The number of carbonyl (C=O) groups is 2. The molecule has 4 rings (SSSR count). The molecule has 2 aromatic carbocycles. The Morgan fingerprint density at radius 1 is 1.16 bits per heavy atom. The summed E-state index contributed by atoms with van der Waals surface area (Å²) in [5.74, 6) is -0.297. The van der Waals surface area contributed by atoms with Crippen LogP contribution in [0.5, 0.6) is 5.75 Å². The normalized spacial score (nSPS) is 11.2. The van der Waals surface area contributed by atoms with Gasteiger partial charge in [0, 0.05) is 28.9 Å². The number of methoxy groups -OCH3 is 1. The van der Waals surface area contributed by atoms with Gasteiger partial charge >= 0.3 is 12.1 Å². The number of furan rings is 1. The average Bonchev–Trinajstić information content (AvgIpc) is 3.25. The second-order valence-corrected chi connectivity index (χ2v) is 9.92. The van der Waals surface area contributed by atoms with Crippen LogP contribution in [0.2, 0.25) is 0 Å². The summed E-state index contributed by atoms with van der Waals surface area (Å²) in [7, 11) is -2.49. The molecule has 0 saturated carbocycles. The molecule has 0 spiro atoms. The number of nitrogens with one attached hydrogen (secondary N) is 1. The molecule has 38 heavy (non-hydrogen) atoms. The molecule has 2 aromatic heterocycles. The van der Waals surface area contributed by atoms with E-state index in [-0.39, 0.29) is 40.3 Å². The predicted molar refractivity (Wildman–Crippen MR) is 140 cm³/mol. The summed E-state index contributed by atoms with van der Waals surface area (Å²) in [6.45, 7) is -0.692. The Morgan fingerprint density at radius 2 is 1.89 bits per heavy atom. The van der Waals surface area contributed by atoms with Crippen LogP contribution in [0.1, 0.15) is 10.4 Å². The Hall–Kier alpha value is -4.62. The van der Waals surface area contributed by atoms with Crippen molar-refractivity contribution in [3.63, 3.8) is 0 Å². The second kappa shape index (κ2) is 10.8. The quantitative estimate of drug-likeness (QED) is 0.211. The first-order chi connectivity index (χ1) is 18.1. The van der Waals surface area contributed by atoms with Crippen molar-refractivity contribution in [2.45, 2.75) is 0 Å². The molecule has 198 valence electrons. The lowest BCUT2D eigenvalue weighted by molar-refractivity contribution is 0.0640. The minimum Gasteiger partial charge on any atom is -0.495 e. The zero-order valence-electron chi connectivity index (χ0n) is 20.4. The van der Waals surface area contributed by atoms with Crippen LogP contribution in [0.3, 0.4) is 0 Å². The van der Waals surface area contributed by atoms with Crippen LogP contribution in [-0.2, 0) is 14.8 Å². The molecular formula is C25H24N4O8S. The van der Waals surface area contributed by atoms with Crippen molar-refractivity contribution in [3.8, 4) is 17.1 Å². The van der Waals surface area contributed by atoms with Crippen molar-refractivity contribution < 1.29 is 37.0 Å². The molecule has 0 aliphatic carbocycles. The van der Waals surface area contributed by atoms with E-state index in [0.29, 0.717) is 17.1 Å². The smallest absolute Gasteiger partial charge is 0.412 e. The van der Waals surface area contributed by atoms with Crippen LogP contribution in [0, 0.1) is 0 Å². The molecule has 0 saturated heterocycles. The van der Waals surface area contributed by atoms with E-state index in [1.807, 2.05) is 6.07 Å². The highest BCUT2D eigenvalue weighted by Gasteiger charge is 2.29. The van der Waals surface area contributed by atoms with Crippen molar-refractivity contribution in [1.82, 2.24) is 4.98 Å². The zero-order chi connectivity index (χ0) is 27.4.